The molecule has 0 amide bonds. The number of benzene rings is 1. The lowest BCUT2D eigenvalue weighted by Gasteiger charge is -2.01. The highest BCUT2D eigenvalue weighted by atomic mass is 14.2. The zero-order chi connectivity index (χ0) is 13.4. The highest BCUT2D eigenvalue weighted by Crippen LogP contribution is 2.34. The van der Waals surface area contributed by atoms with Gasteiger partial charge in [0.25, 0.3) is 0 Å². The van der Waals surface area contributed by atoms with Crippen molar-refractivity contribution in [2.24, 2.45) is 0 Å². The van der Waals surface area contributed by atoms with E-state index >= 15 is 0 Å². The first-order valence-electron chi connectivity index (χ1n) is 6.89. The molecule has 0 aromatic heterocycles. The van der Waals surface area contributed by atoms with Gasteiger partial charge in [-0.05, 0) is 39.5 Å². The minimum Gasteiger partial charge on any atom is -0.0622 e. The first-order valence-corrected chi connectivity index (χ1v) is 6.89. The van der Waals surface area contributed by atoms with Gasteiger partial charge < -0.3 is 0 Å². The summed E-state index contributed by atoms with van der Waals surface area (Å²) in [6, 6.07) is 23.5. The average molecular weight is 254 g/mol. The van der Waals surface area contributed by atoms with E-state index in [0.29, 0.717) is 0 Å². The summed E-state index contributed by atoms with van der Waals surface area (Å²) in [5.41, 5.74) is 7.80. The van der Waals surface area contributed by atoms with Crippen LogP contribution in [0.4, 0.5) is 0 Å². The minimum atomic E-state index is 1.28. The summed E-state index contributed by atoms with van der Waals surface area (Å²) in [7, 11) is 0. The van der Waals surface area contributed by atoms with Crippen molar-refractivity contribution in [3.63, 3.8) is 0 Å². The first-order chi connectivity index (χ1) is 9.92. The Morgan fingerprint density at radius 1 is 0.600 bits per heavy atom. The van der Waals surface area contributed by atoms with Crippen LogP contribution in [0.3, 0.4) is 0 Å². The molecule has 0 saturated carbocycles. The van der Waals surface area contributed by atoms with E-state index in [1.54, 1.807) is 0 Å². The van der Waals surface area contributed by atoms with Gasteiger partial charge in [-0.25, -0.2) is 0 Å². The molecule has 0 heterocycles. The number of fused-ring (bicyclic) bond motifs is 2. The maximum atomic E-state index is 2.28. The van der Waals surface area contributed by atoms with Gasteiger partial charge in [-0.2, -0.15) is 0 Å². The highest BCUT2D eigenvalue weighted by molar-refractivity contribution is 5.99. The second kappa shape index (κ2) is 4.50. The Balaban J connectivity index is 1.84. The van der Waals surface area contributed by atoms with Crippen molar-refractivity contribution in [2.75, 3.05) is 0 Å². The van der Waals surface area contributed by atoms with E-state index in [1.807, 2.05) is 0 Å². The molecule has 1 aromatic carbocycles. The number of hydrogen-bond donors (Lipinski definition) is 0. The van der Waals surface area contributed by atoms with Gasteiger partial charge >= 0.3 is 0 Å². The molecular weight excluding hydrogens is 240 g/mol. The Morgan fingerprint density at radius 3 is 2.40 bits per heavy atom. The third-order valence-corrected chi connectivity index (χ3v) is 3.85. The van der Waals surface area contributed by atoms with Gasteiger partial charge in [0.15, 0.2) is 0 Å². The summed E-state index contributed by atoms with van der Waals surface area (Å²) in [6.45, 7) is 0. The van der Waals surface area contributed by atoms with Crippen LogP contribution < -0.4 is 0 Å². The SMILES string of the molecule is C1=Cc2ccccc2/C1=C/c1ccc2cccccc1-2. The van der Waals surface area contributed by atoms with Gasteiger partial charge in [0, 0.05) is 0 Å². The molecule has 4 rings (SSSR count). The second-order valence-electron chi connectivity index (χ2n) is 5.09. The van der Waals surface area contributed by atoms with E-state index in [0.717, 1.165) is 0 Å². The molecule has 0 radical (unpaired) electrons. The third-order valence-electron chi connectivity index (χ3n) is 3.85. The Labute approximate surface area is 119 Å². The fourth-order valence-corrected chi connectivity index (χ4v) is 2.83. The molecule has 0 fully saturated rings. The molecule has 0 heteroatoms. The van der Waals surface area contributed by atoms with Gasteiger partial charge in [0.05, 0.1) is 0 Å². The van der Waals surface area contributed by atoms with Crippen LogP contribution in [0.15, 0.2) is 72.8 Å². The summed E-state index contributed by atoms with van der Waals surface area (Å²) in [4.78, 5) is 0. The Morgan fingerprint density at radius 2 is 1.40 bits per heavy atom. The number of hydrogen-bond acceptors (Lipinski definition) is 0. The van der Waals surface area contributed by atoms with Crippen LogP contribution in [0.25, 0.3) is 28.9 Å². The largest absolute Gasteiger partial charge is 0.0622 e. The molecule has 0 bridgehead atoms. The molecular formula is C20H14. The van der Waals surface area contributed by atoms with Crippen LogP contribution in [-0.2, 0) is 0 Å². The standard InChI is InChI=1S/C20H14/c1-2-6-15-10-12-17(19(15)8-3-1)14-18-13-11-16-7-4-5-9-20(16)18/h1-14H/b18-14+. The van der Waals surface area contributed by atoms with Crippen molar-refractivity contribution in [3.8, 4) is 11.1 Å². The summed E-state index contributed by atoms with van der Waals surface area (Å²) in [5.74, 6) is 0. The van der Waals surface area contributed by atoms with Crippen LogP contribution >= 0.6 is 0 Å². The maximum absolute atomic E-state index is 2.28. The summed E-state index contributed by atoms with van der Waals surface area (Å²) >= 11 is 0. The van der Waals surface area contributed by atoms with E-state index in [-0.39, 0.29) is 0 Å². The molecule has 0 atom stereocenters. The molecule has 20 heavy (non-hydrogen) atoms. The lowest BCUT2D eigenvalue weighted by molar-refractivity contribution is 1.62. The zero-order valence-electron chi connectivity index (χ0n) is 11.1. The van der Waals surface area contributed by atoms with Crippen LogP contribution in [0, 0.1) is 0 Å². The fourth-order valence-electron chi connectivity index (χ4n) is 2.83. The molecule has 3 aliphatic rings. The van der Waals surface area contributed by atoms with Crippen LogP contribution in [0.2, 0.25) is 0 Å². The summed E-state index contributed by atoms with van der Waals surface area (Å²) < 4.78 is 0. The molecule has 0 saturated heterocycles. The summed E-state index contributed by atoms with van der Waals surface area (Å²) in [5, 5.41) is 0. The molecule has 0 spiro atoms. The van der Waals surface area contributed by atoms with Crippen LogP contribution in [0.5, 0.6) is 0 Å². The molecule has 0 nitrogen and oxygen atoms in total. The van der Waals surface area contributed by atoms with Gasteiger partial charge in [-0.15, -0.1) is 0 Å². The van der Waals surface area contributed by atoms with Crippen molar-refractivity contribution in [3.05, 3.63) is 89.5 Å². The van der Waals surface area contributed by atoms with Gasteiger partial charge in [0.2, 0.25) is 0 Å². The second-order valence-corrected chi connectivity index (χ2v) is 5.09. The van der Waals surface area contributed by atoms with Crippen molar-refractivity contribution in [1.82, 2.24) is 0 Å². The van der Waals surface area contributed by atoms with Gasteiger partial charge in [-0.3, -0.25) is 0 Å². The number of rotatable bonds is 1. The summed E-state index contributed by atoms with van der Waals surface area (Å²) in [6.07, 6.45) is 6.67. The van der Waals surface area contributed by atoms with E-state index < -0.39 is 0 Å². The maximum Gasteiger partial charge on any atom is -0.0111 e. The molecule has 0 unspecified atom stereocenters. The topological polar surface area (TPSA) is 0 Å². The van der Waals surface area contributed by atoms with Gasteiger partial charge in [0.1, 0.15) is 0 Å². The van der Waals surface area contributed by atoms with Crippen molar-refractivity contribution >= 4 is 17.7 Å². The lowest BCUT2D eigenvalue weighted by Crippen LogP contribution is -1.80. The molecule has 3 aliphatic carbocycles. The van der Waals surface area contributed by atoms with E-state index in [4.69, 9.17) is 0 Å². The monoisotopic (exact) mass is 254 g/mol. The normalized spacial score (nSPS) is 14.9. The average Bonchev–Trinajstić information content (AvgIpc) is 2.97. The van der Waals surface area contributed by atoms with E-state index in [2.05, 4.69) is 85.0 Å². The third kappa shape index (κ3) is 1.78. The predicted molar refractivity (Wildman–Crippen MR) is 86.4 cm³/mol. The van der Waals surface area contributed by atoms with Crippen LogP contribution in [0.1, 0.15) is 16.7 Å². The van der Waals surface area contributed by atoms with E-state index in [9.17, 15) is 0 Å². The zero-order valence-corrected chi connectivity index (χ0v) is 11.1. The van der Waals surface area contributed by atoms with Crippen LogP contribution in [-0.4, -0.2) is 0 Å². The fraction of sp³-hybridized carbons (Fsp3) is 0. The molecule has 1 aromatic rings. The molecule has 94 valence electrons. The Hall–Kier alpha value is -2.60. The predicted octanol–water partition coefficient (Wildman–Crippen LogP) is 5.36. The minimum absolute atomic E-state index is 1.28. The number of allylic oxidation sites excluding steroid dienone is 2. The highest BCUT2D eigenvalue weighted by Gasteiger charge is 2.11. The smallest absolute Gasteiger partial charge is 0.0111 e. The lowest BCUT2D eigenvalue weighted by atomic mass is 10.0. The quantitative estimate of drug-likeness (QED) is 0.548. The van der Waals surface area contributed by atoms with E-state index in [1.165, 1.54) is 33.4 Å². The Kier molecular flexibility index (Phi) is 2.53. The van der Waals surface area contributed by atoms with Crippen molar-refractivity contribution in [1.29, 1.82) is 0 Å². The van der Waals surface area contributed by atoms with Crippen molar-refractivity contribution in [2.45, 2.75) is 0 Å². The molecule has 0 aliphatic heterocycles. The first kappa shape index (κ1) is 11.2. The van der Waals surface area contributed by atoms with Gasteiger partial charge in [-0.1, -0.05) is 78.9 Å². The Bertz CT molecular complexity index is 806. The van der Waals surface area contributed by atoms with Crippen molar-refractivity contribution < 1.29 is 0 Å². The molecule has 0 N–H and O–H groups in total.